The van der Waals surface area contributed by atoms with E-state index in [1.165, 1.54) is 16.7 Å². The normalized spacial score (nSPS) is 9.58. The summed E-state index contributed by atoms with van der Waals surface area (Å²) >= 11 is 0.514. The van der Waals surface area contributed by atoms with Gasteiger partial charge in [-0.3, -0.25) is 0 Å². The summed E-state index contributed by atoms with van der Waals surface area (Å²) in [7, 11) is 0. The second-order valence-corrected chi connectivity index (χ2v) is 3.45. The fraction of sp³-hybridized carbons (Fsp3) is 0.300. The van der Waals surface area contributed by atoms with Crippen molar-refractivity contribution < 1.29 is 4.21 Å². The largest absolute Gasteiger partial charge is 0.212 e. The molecule has 0 atom stereocenters. The molecular weight excluding hydrogens is 168 g/mol. The van der Waals surface area contributed by atoms with Crippen LogP contribution in [-0.4, -0.2) is 9.58 Å². The van der Waals surface area contributed by atoms with Crippen LogP contribution >= 0.6 is 0 Å². The molecule has 0 unspecified atom stereocenters. The van der Waals surface area contributed by atoms with Gasteiger partial charge in [-0.15, -0.1) is 0 Å². The van der Waals surface area contributed by atoms with E-state index in [-0.39, 0.29) is 0 Å². The SMILES string of the molecule is Cc1cc(C)c(C=S=O)c(C)c1. The molecule has 0 saturated carbocycles. The molecule has 0 N–H and O–H groups in total. The lowest BCUT2D eigenvalue weighted by atomic mass is 10.0. The third-order valence-electron chi connectivity index (χ3n) is 1.90. The Bertz CT molecular complexity index is 326. The smallest absolute Gasteiger partial charge is 0.0891 e. The van der Waals surface area contributed by atoms with Crippen molar-refractivity contribution in [1.82, 2.24) is 0 Å². The second kappa shape index (κ2) is 3.68. The molecule has 0 spiro atoms. The van der Waals surface area contributed by atoms with Crippen LogP contribution in [0.4, 0.5) is 0 Å². The molecule has 0 bridgehead atoms. The molecular formula is C10H12OS. The minimum atomic E-state index is 0.514. The number of hydrogen-bond acceptors (Lipinski definition) is 1. The Morgan fingerprint density at radius 3 is 2.08 bits per heavy atom. The summed E-state index contributed by atoms with van der Waals surface area (Å²) in [5.74, 6) is 0. The quantitative estimate of drug-likeness (QED) is 0.604. The first-order valence-electron chi connectivity index (χ1n) is 3.85. The van der Waals surface area contributed by atoms with Gasteiger partial charge >= 0.3 is 0 Å². The van der Waals surface area contributed by atoms with Crippen LogP contribution in [0.25, 0.3) is 0 Å². The third kappa shape index (κ3) is 1.83. The monoisotopic (exact) mass is 180 g/mol. The number of rotatable bonds is 1. The van der Waals surface area contributed by atoms with Gasteiger partial charge in [-0.05, 0) is 37.5 Å². The second-order valence-electron chi connectivity index (χ2n) is 3.03. The van der Waals surface area contributed by atoms with Gasteiger partial charge in [-0.2, -0.15) is 0 Å². The molecule has 1 nitrogen and oxygen atoms in total. The van der Waals surface area contributed by atoms with Crippen molar-refractivity contribution in [1.29, 1.82) is 0 Å². The first-order chi connectivity index (χ1) is 5.65. The van der Waals surface area contributed by atoms with E-state index in [0.717, 1.165) is 5.56 Å². The molecule has 1 aromatic carbocycles. The average molecular weight is 180 g/mol. The van der Waals surface area contributed by atoms with Crippen LogP contribution in [-0.2, 0) is 11.3 Å². The van der Waals surface area contributed by atoms with Crippen molar-refractivity contribution in [3.8, 4) is 0 Å². The van der Waals surface area contributed by atoms with E-state index in [2.05, 4.69) is 19.1 Å². The van der Waals surface area contributed by atoms with Crippen molar-refractivity contribution >= 4 is 16.6 Å². The zero-order chi connectivity index (χ0) is 9.14. The lowest BCUT2D eigenvalue weighted by molar-refractivity contribution is 0.701. The summed E-state index contributed by atoms with van der Waals surface area (Å²) in [5, 5.41) is 1.66. The fourth-order valence-electron chi connectivity index (χ4n) is 1.43. The van der Waals surface area contributed by atoms with Gasteiger partial charge in [-0.1, -0.05) is 17.7 Å². The van der Waals surface area contributed by atoms with E-state index in [9.17, 15) is 4.21 Å². The van der Waals surface area contributed by atoms with Crippen LogP contribution in [0.15, 0.2) is 12.1 Å². The van der Waals surface area contributed by atoms with E-state index in [1.54, 1.807) is 5.37 Å². The molecule has 0 heterocycles. The van der Waals surface area contributed by atoms with Crippen molar-refractivity contribution in [2.24, 2.45) is 0 Å². The first-order valence-corrected chi connectivity index (χ1v) is 4.65. The maximum absolute atomic E-state index is 10.3. The molecule has 0 aliphatic heterocycles. The lowest BCUT2D eigenvalue weighted by Gasteiger charge is -2.04. The van der Waals surface area contributed by atoms with Crippen molar-refractivity contribution in [2.45, 2.75) is 20.8 Å². The van der Waals surface area contributed by atoms with Gasteiger partial charge in [0.1, 0.15) is 0 Å². The Kier molecular flexibility index (Phi) is 2.82. The Morgan fingerprint density at radius 1 is 1.17 bits per heavy atom. The van der Waals surface area contributed by atoms with Crippen LogP contribution in [0, 0.1) is 20.8 Å². The van der Waals surface area contributed by atoms with Crippen LogP contribution in [0.1, 0.15) is 22.3 Å². The Balaban J connectivity index is 3.37. The van der Waals surface area contributed by atoms with Gasteiger partial charge < -0.3 is 0 Å². The van der Waals surface area contributed by atoms with Gasteiger partial charge in [0.25, 0.3) is 0 Å². The molecule has 0 aromatic heterocycles. The van der Waals surface area contributed by atoms with E-state index in [0.29, 0.717) is 11.3 Å². The summed E-state index contributed by atoms with van der Waals surface area (Å²) < 4.78 is 10.3. The molecule has 2 heteroatoms. The highest BCUT2D eigenvalue weighted by Crippen LogP contribution is 2.13. The highest BCUT2D eigenvalue weighted by molar-refractivity contribution is 7.65. The molecule has 0 aliphatic carbocycles. The summed E-state index contributed by atoms with van der Waals surface area (Å²) in [4.78, 5) is 0. The van der Waals surface area contributed by atoms with Crippen molar-refractivity contribution in [2.75, 3.05) is 0 Å². The Labute approximate surface area is 76.5 Å². The molecule has 0 amide bonds. The minimum Gasteiger partial charge on any atom is -0.212 e. The fourth-order valence-corrected chi connectivity index (χ4v) is 1.89. The standard InChI is InChI=1S/C10H12OS/c1-7-4-8(2)10(6-12-11)9(3)5-7/h4-6H,1-3H3. The maximum Gasteiger partial charge on any atom is 0.0891 e. The summed E-state index contributed by atoms with van der Waals surface area (Å²) in [5.41, 5.74) is 4.67. The predicted octanol–water partition coefficient (Wildman–Crippen LogP) is 1.98. The van der Waals surface area contributed by atoms with Crippen LogP contribution < -0.4 is 0 Å². The number of hydrogen-bond donors (Lipinski definition) is 0. The summed E-state index contributed by atoms with van der Waals surface area (Å²) in [6.45, 7) is 6.12. The maximum atomic E-state index is 10.3. The van der Waals surface area contributed by atoms with Crippen LogP contribution in [0.5, 0.6) is 0 Å². The molecule has 1 aromatic rings. The van der Waals surface area contributed by atoms with Gasteiger partial charge in [0.15, 0.2) is 0 Å². The number of aryl methyl sites for hydroxylation is 3. The van der Waals surface area contributed by atoms with Crippen molar-refractivity contribution in [3.05, 3.63) is 34.4 Å². The zero-order valence-electron chi connectivity index (χ0n) is 7.55. The molecule has 1 rings (SSSR count). The molecule has 64 valence electrons. The zero-order valence-corrected chi connectivity index (χ0v) is 8.37. The summed E-state index contributed by atoms with van der Waals surface area (Å²) in [6, 6.07) is 4.18. The predicted molar refractivity (Wildman–Crippen MR) is 54.0 cm³/mol. The third-order valence-corrected chi connectivity index (χ3v) is 2.24. The van der Waals surface area contributed by atoms with E-state index in [1.807, 2.05) is 13.8 Å². The number of benzene rings is 1. The molecule has 0 saturated heterocycles. The average Bonchev–Trinajstić information content (AvgIpc) is 1.96. The highest BCUT2D eigenvalue weighted by Gasteiger charge is 1.99. The van der Waals surface area contributed by atoms with Crippen LogP contribution in [0.3, 0.4) is 0 Å². The van der Waals surface area contributed by atoms with Gasteiger partial charge in [0.2, 0.25) is 0 Å². The summed E-state index contributed by atoms with van der Waals surface area (Å²) in [6.07, 6.45) is 0. The van der Waals surface area contributed by atoms with Gasteiger partial charge in [0, 0.05) is 5.37 Å². The molecule has 0 aliphatic rings. The molecule has 0 radical (unpaired) electrons. The first kappa shape index (κ1) is 9.20. The molecule has 12 heavy (non-hydrogen) atoms. The minimum absolute atomic E-state index is 0.514. The molecule has 0 fully saturated rings. The van der Waals surface area contributed by atoms with E-state index >= 15 is 0 Å². The Hall–Kier alpha value is -0.890. The van der Waals surface area contributed by atoms with Crippen LogP contribution in [0.2, 0.25) is 0 Å². The van der Waals surface area contributed by atoms with Gasteiger partial charge in [0.05, 0.1) is 11.3 Å². The Morgan fingerprint density at radius 2 is 1.67 bits per heavy atom. The van der Waals surface area contributed by atoms with Gasteiger partial charge in [-0.25, -0.2) is 4.21 Å². The van der Waals surface area contributed by atoms with E-state index < -0.39 is 0 Å². The topological polar surface area (TPSA) is 17.1 Å². The highest BCUT2D eigenvalue weighted by atomic mass is 32.1. The van der Waals surface area contributed by atoms with Crippen molar-refractivity contribution in [3.63, 3.8) is 0 Å². The van der Waals surface area contributed by atoms with E-state index in [4.69, 9.17) is 0 Å². The lowest BCUT2D eigenvalue weighted by Crippen LogP contribution is -1.92.